The lowest BCUT2D eigenvalue weighted by Crippen LogP contribution is -2.13. The SMILES string of the molecule is COc1ccc(C)cc1NC(=O)c1ccc([N+](=O)[O-])c(Cl)c1. The average Bonchev–Trinajstić information content (AvgIpc) is 2.47. The molecule has 0 spiro atoms. The number of hydrogen-bond acceptors (Lipinski definition) is 4. The fourth-order valence-corrected chi connectivity index (χ4v) is 2.16. The topological polar surface area (TPSA) is 81.5 Å². The summed E-state index contributed by atoms with van der Waals surface area (Å²) < 4.78 is 5.18. The zero-order chi connectivity index (χ0) is 16.3. The molecule has 0 unspecified atom stereocenters. The van der Waals surface area contributed by atoms with E-state index in [0.717, 1.165) is 5.56 Å². The number of anilines is 1. The number of rotatable bonds is 4. The van der Waals surface area contributed by atoms with Crippen molar-refractivity contribution in [2.75, 3.05) is 12.4 Å². The number of nitro benzene ring substituents is 1. The van der Waals surface area contributed by atoms with E-state index < -0.39 is 10.8 Å². The largest absolute Gasteiger partial charge is 0.495 e. The molecule has 22 heavy (non-hydrogen) atoms. The smallest absolute Gasteiger partial charge is 0.287 e. The number of amides is 1. The van der Waals surface area contributed by atoms with Crippen LogP contribution >= 0.6 is 11.6 Å². The summed E-state index contributed by atoms with van der Waals surface area (Å²) in [5.41, 5.74) is 1.45. The summed E-state index contributed by atoms with van der Waals surface area (Å²) in [5.74, 6) is 0.0904. The van der Waals surface area contributed by atoms with Gasteiger partial charge in [-0.25, -0.2) is 0 Å². The quantitative estimate of drug-likeness (QED) is 0.686. The molecule has 2 aromatic carbocycles. The monoisotopic (exact) mass is 320 g/mol. The number of hydrogen-bond donors (Lipinski definition) is 1. The molecule has 0 fully saturated rings. The van der Waals surface area contributed by atoms with Gasteiger partial charge in [-0.05, 0) is 36.8 Å². The third kappa shape index (κ3) is 3.35. The highest BCUT2D eigenvalue weighted by molar-refractivity contribution is 6.33. The van der Waals surface area contributed by atoms with Crippen LogP contribution < -0.4 is 10.1 Å². The Balaban J connectivity index is 2.28. The minimum atomic E-state index is -0.604. The van der Waals surface area contributed by atoms with Crippen LogP contribution in [-0.4, -0.2) is 17.9 Å². The highest BCUT2D eigenvalue weighted by Crippen LogP contribution is 2.28. The first-order chi connectivity index (χ1) is 10.4. The summed E-state index contributed by atoms with van der Waals surface area (Å²) in [4.78, 5) is 22.3. The molecule has 0 saturated heterocycles. The van der Waals surface area contributed by atoms with Gasteiger partial charge in [0.2, 0.25) is 0 Å². The summed E-state index contributed by atoms with van der Waals surface area (Å²) in [6, 6.07) is 9.18. The molecule has 2 rings (SSSR count). The van der Waals surface area contributed by atoms with E-state index in [0.29, 0.717) is 11.4 Å². The van der Waals surface area contributed by atoms with Gasteiger partial charge in [-0.3, -0.25) is 14.9 Å². The Morgan fingerprint density at radius 1 is 1.27 bits per heavy atom. The summed E-state index contributed by atoms with van der Waals surface area (Å²) in [6.07, 6.45) is 0. The molecule has 0 aliphatic heterocycles. The molecule has 0 radical (unpaired) electrons. The van der Waals surface area contributed by atoms with E-state index in [1.54, 1.807) is 12.1 Å². The predicted octanol–water partition coefficient (Wildman–Crippen LogP) is 3.82. The molecule has 114 valence electrons. The first-order valence-electron chi connectivity index (χ1n) is 6.32. The van der Waals surface area contributed by atoms with Crippen molar-refractivity contribution in [3.05, 3.63) is 62.7 Å². The number of halogens is 1. The molecule has 0 aliphatic rings. The van der Waals surface area contributed by atoms with Crippen molar-refractivity contribution in [1.29, 1.82) is 0 Å². The molecule has 0 atom stereocenters. The molecule has 0 saturated carbocycles. The van der Waals surface area contributed by atoms with Gasteiger partial charge in [-0.15, -0.1) is 0 Å². The number of carbonyl (C=O) groups excluding carboxylic acids is 1. The fraction of sp³-hybridized carbons (Fsp3) is 0.133. The van der Waals surface area contributed by atoms with Gasteiger partial charge in [-0.1, -0.05) is 17.7 Å². The summed E-state index contributed by atoms with van der Waals surface area (Å²) in [5, 5.41) is 13.3. The van der Waals surface area contributed by atoms with Crippen molar-refractivity contribution in [3.63, 3.8) is 0 Å². The number of nitro groups is 1. The van der Waals surface area contributed by atoms with E-state index in [9.17, 15) is 14.9 Å². The highest BCUT2D eigenvalue weighted by Gasteiger charge is 2.16. The molecule has 6 nitrogen and oxygen atoms in total. The number of carbonyl (C=O) groups is 1. The van der Waals surface area contributed by atoms with E-state index in [1.807, 2.05) is 13.0 Å². The Morgan fingerprint density at radius 2 is 2.00 bits per heavy atom. The Kier molecular flexibility index (Phi) is 4.62. The minimum Gasteiger partial charge on any atom is -0.495 e. The average molecular weight is 321 g/mol. The number of aryl methyl sites for hydroxylation is 1. The van der Waals surface area contributed by atoms with Crippen molar-refractivity contribution in [2.45, 2.75) is 6.92 Å². The molecule has 2 aromatic rings. The number of nitrogens with zero attached hydrogens (tertiary/aromatic N) is 1. The lowest BCUT2D eigenvalue weighted by Gasteiger charge is -2.11. The van der Waals surface area contributed by atoms with Gasteiger partial charge in [0, 0.05) is 11.6 Å². The van der Waals surface area contributed by atoms with Crippen LogP contribution in [0.1, 0.15) is 15.9 Å². The van der Waals surface area contributed by atoms with Crippen molar-refractivity contribution in [3.8, 4) is 5.75 Å². The van der Waals surface area contributed by atoms with Crippen LogP contribution in [0.5, 0.6) is 5.75 Å². The third-order valence-corrected chi connectivity index (χ3v) is 3.31. The molecule has 1 N–H and O–H groups in total. The molecule has 0 aliphatic carbocycles. The lowest BCUT2D eigenvalue weighted by atomic mass is 10.1. The molecule has 0 aromatic heterocycles. The van der Waals surface area contributed by atoms with E-state index >= 15 is 0 Å². The maximum Gasteiger partial charge on any atom is 0.287 e. The zero-order valence-electron chi connectivity index (χ0n) is 11.9. The second-order valence-corrected chi connectivity index (χ2v) is 4.99. The van der Waals surface area contributed by atoms with Crippen molar-refractivity contribution < 1.29 is 14.5 Å². The molecular weight excluding hydrogens is 308 g/mol. The summed E-state index contributed by atoms with van der Waals surface area (Å²) >= 11 is 5.81. The van der Waals surface area contributed by atoms with Crippen LogP contribution in [0, 0.1) is 17.0 Å². The first-order valence-corrected chi connectivity index (χ1v) is 6.70. The first kappa shape index (κ1) is 15.8. The second-order valence-electron chi connectivity index (χ2n) is 4.58. The Labute approximate surface area is 131 Å². The minimum absolute atomic E-state index is 0.0890. The number of methoxy groups -OCH3 is 1. The maximum absolute atomic E-state index is 12.2. The van der Waals surface area contributed by atoms with Crippen LogP contribution in [0.2, 0.25) is 5.02 Å². The van der Waals surface area contributed by atoms with Gasteiger partial charge < -0.3 is 10.1 Å². The molecule has 1 amide bonds. The van der Waals surface area contributed by atoms with E-state index in [1.165, 1.54) is 25.3 Å². The summed E-state index contributed by atoms with van der Waals surface area (Å²) in [6.45, 7) is 1.89. The molecule has 7 heteroatoms. The van der Waals surface area contributed by atoms with Crippen molar-refractivity contribution in [1.82, 2.24) is 0 Å². The fourth-order valence-electron chi connectivity index (χ4n) is 1.91. The third-order valence-electron chi connectivity index (χ3n) is 3.01. The van der Waals surface area contributed by atoms with Crippen LogP contribution in [0.25, 0.3) is 0 Å². The normalized spacial score (nSPS) is 10.1. The van der Waals surface area contributed by atoms with Gasteiger partial charge in [-0.2, -0.15) is 0 Å². The van der Waals surface area contributed by atoms with Crippen molar-refractivity contribution >= 4 is 28.9 Å². The highest BCUT2D eigenvalue weighted by atomic mass is 35.5. The Bertz CT molecular complexity index is 746. The van der Waals surface area contributed by atoms with Crippen LogP contribution in [-0.2, 0) is 0 Å². The zero-order valence-corrected chi connectivity index (χ0v) is 12.7. The number of ether oxygens (including phenoxy) is 1. The van der Waals surface area contributed by atoms with Crippen LogP contribution in [0.4, 0.5) is 11.4 Å². The van der Waals surface area contributed by atoms with Gasteiger partial charge >= 0.3 is 0 Å². The Hall–Kier alpha value is -2.60. The molecule has 0 bridgehead atoms. The van der Waals surface area contributed by atoms with E-state index in [4.69, 9.17) is 16.3 Å². The van der Waals surface area contributed by atoms with Crippen molar-refractivity contribution in [2.24, 2.45) is 0 Å². The summed E-state index contributed by atoms with van der Waals surface area (Å²) in [7, 11) is 1.50. The van der Waals surface area contributed by atoms with Gasteiger partial charge in [0.1, 0.15) is 10.8 Å². The van der Waals surface area contributed by atoms with Gasteiger partial charge in [0.25, 0.3) is 11.6 Å². The second kappa shape index (κ2) is 6.44. The van der Waals surface area contributed by atoms with E-state index in [2.05, 4.69) is 5.32 Å². The Morgan fingerprint density at radius 3 is 2.59 bits per heavy atom. The standard InChI is InChI=1S/C15H13ClN2O4/c1-9-3-6-14(22-2)12(7-9)17-15(19)10-4-5-13(18(20)21)11(16)8-10/h3-8H,1-2H3,(H,17,19). The number of nitrogens with one attached hydrogen (secondary N) is 1. The van der Waals surface area contributed by atoms with Crippen LogP contribution in [0.15, 0.2) is 36.4 Å². The van der Waals surface area contributed by atoms with E-state index in [-0.39, 0.29) is 16.3 Å². The maximum atomic E-state index is 12.2. The predicted molar refractivity (Wildman–Crippen MR) is 83.8 cm³/mol. The molecular formula is C15H13ClN2O4. The molecule has 0 heterocycles. The van der Waals surface area contributed by atoms with Gasteiger partial charge in [0.15, 0.2) is 0 Å². The van der Waals surface area contributed by atoms with Crippen LogP contribution in [0.3, 0.4) is 0 Å². The lowest BCUT2D eigenvalue weighted by molar-refractivity contribution is -0.384. The number of benzene rings is 2. The van der Waals surface area contributed by atoms with Gasteiger partial charge in [0.05, 0.1) is 17.7 Å².